The Bertz CT molecular complexity index is 882. The maximum absolute atomic E-state index is 12.3. The average Bonchev–Trinajstić information content (AvgIpc) is 3.33. The molecule has 1 saturated heterocycles. The first-order valence-corrected chi connectivity index (χ1v) is 9.60. The number of carboxylic acid groups (broad SMARTS) is 2. The van der Waals surface area contributed by atoms with Crippen LogP contribution in [0.3, 0.4) is 0 Å². The van der Waals surface area contributed by atoms with E-state index in [1.54, 1.807) is 33.5 Å². The van der Waals surface area contributed by atoms with E-state index >= 15 is 0 Å². The minimum absolute atomic E-state index is 0.0533. The molecule has 11 heteroatoms. The summed E-state index contributed by atoms with van der Waals surface area (Å²) in [6.45, 7) is 3.68. The van der Waals surface area contributed by atoms with Crippen LogP contribution in [0.25, 0.3) is 0 Å². The van der Waals surface area contributed by atoms with E-state index in [1.807, 2.05) is 17.0 Å². The van der Waals surface area contributed by atoms with Crippen molar-refractivity contribution in [2.45, 2.75) is 6.54 Å². The van der Waals surface area contributed by atoms with Crippen LogP contribution in [0.4, 0.5) is 0 Å². The van der Waals surface area contributed by atoms with Crippen LogP contribution in [0, 0.1) is 0 Å². The van der Waals surface area contributed by atoms with E-state index in [0.717, 1.165) is 25.2 Å². The number of aliphatic carboxylic acids is 2. The number of benzene rings is 1. The van der Waals surface area contributed by atoms with Crippen molar-refractivity contribution in [1.82, 2.24) is 9.80 Å². The quantitative estimate of drug-likeness (QED) is 0.621. The molecule has 1 fully saturated rings. The Hall–Kier alpha value is -3.73. The van der Waals surface area contributed by atoms with Crippen LogP contribution in [0.2, 0.25) is 0 Å². The molecular formula is C21H26N2O9. The number of carbonyl (C=O) groups is 3. The summed E-state index contributed by atoms with van der Waals surface area (Å²) < 4.78 is 21.4. The molecule has 0 saturated carbocycles. The van der Waals surface area contributed by atoms with Crippen molar-refractivity contribution in [3.63, 3.8) is 0 Å². The van der Waals surface area contributed by atoms with Crippen molar-refractivity contribution in [2.75, 3.05) is 47.5 Å². The molecule has 0 bridgehead atoms. The van der Waals surface area contributed by atoms with Gasteiger partial charge < -0.3 is 33.7 Å². The summed E-state index contributed by atoms with van der Waals surface area (Å²) in [6, 6.07) is 7.35. The molecule has 0 unspecified atom stereocenters. The number of rotatable bonds is 6. The van der Waals surface area contributed by atoms with Crippen LogP contribution in [0.5, 0.6) is 17.2 Å². The highest BCUT2D eigenvalue weighted by Gasteiger charge is 2.24. The van der Waals surface area contributed by atoms with Gasteiger partial charge in [-0.05, 0) is 29.8 Å². The number of methoxy groups -OCH3 is 3. The van der Waals surface area contributed by atoms with Crippen LogP contribution < -0.4 is 14.2 Å². The molecule has 1 aliphatic heterocycles. The van der Waals surface area contributed by atoms with Gasteiger partial charge in [0.15, 0.2) is 17.3 Å². The van der Waals surface area contributed by atoms with Gasteiger partial charge in [0.25, 0.3) is 5.91 Å². The second-order valence-electron chi connectivity index (χ2n) is 6.69. The molecule has 0 radical (unpaired) electrons. The first-order valence-electron chi connectivity index (χ1n) is 9.60. The number of carbonyl (C=O) groups excluding carboxylic acids is 1. The molecular weight excluding hydrogens is 424 g/mol. The predicted octanol–water partition coefficient (Wildman–Crippen LogP) is 1.42. The van der Waals surface area contributed by atoms with Crippen molar-refractivity contribution in [3.05, 3.63) is 41.9 Å². The highest BCUT2D eigenvalue weighted by molar-refractivity contribution is 6.27. The molecule has 1 aromatic heterocycles. The second kappa shape index (κ2) is 11.6. The van der Waals surface area contributed by atoms with Gasteiger partial charge in [-0.15, -0.1) is 0 Å². The van der Waals surface area contributed by atoms with E-state index in [9.17, 15) is 4.79 Å². The van der Waals surface area contributed by atoms with Crippen molar-refractivity contribution in [2.24, 2.45) is 0 Å². The Morgan fingerprint density at radius 1 is 0.938 bits per heavy atom. The van der Waals surface area contributed by atoms with Crippen LogP contribution >= 0.6 is 0 Å². The molecule has 0 atom stereocenters. The Labute approximate surface area is 184 Å². The number of hydrogen-bond donors (Lipinski definition) is 2. The highest BCUT2D eigenvalue weighted by Crippen LogP contribution is 2.38. The lowest BCUT2D eigenvalue weighted by Gasteiger charge is -2.34. The third-order valence-corrected chi connectivity index (χ3v) is 4.71. The number of carboxylic acids is 2. The number of nitrogens with zero attached hydrogens (tertiary/aromatic N) is 2. The fourth-order valence-corrected chi connectivity index (χ4v) is 3.15. The number of hydrogen-bond acceptors (Lipinski definition) is 8. The lowest BCUT2D eigenvalue weighted by molar-refractivity contribution is -0.159. The van der Waals surface area contributed by atoms with Crippen LogP contribution in [-0.2, 0) is 16.1 Å². The summed E-state index contributed by atoms with van der Waals surface area (Å²) in [5, 5.41) is 14.8. The van der Waals surface area contributed by atoms with Crippen molar-refractivity contribution < 1.29 is 43.2 Å². The number of piperazine rings is 1. The molecule has 1 aromatic carbocycles. The highest BCUT2D eigenvalue weighted by atomic mass is 16.5. The Kier molecular flexibility index (Phi) is 8.90. The predicted molar refractivity (Wildman–Crippen MR) is 111 cm³/mol. The minimum Gasteiger partial charge on any atom is -0.493 e. The van der Waals surface area contributed by atoms with Gasteiger partial charge in [0.1, 0.15) is 0 Å². The van der Waals surface area contributed by atoms with Crippen LogP contribution in [0.1, 0.15) is 16.1 Å². The first-order chi connectivity index (χ1) is 15.3. The van der Waals surface area contributed by atoms with Gasteiger partial charge in [0.2, 0.25) is 5.75 Å². The lowest BCUT2D eigenvalue weighted by Crippen LogP contribution is -2.48. The smallest absolute Gasteiger partial charge is 0.414 e. The van der Waals surface area contributed by atoms with Gasteiger partial charge >= 0.3 is 11.9 Å². The zero-order valence-electron chi connectivity index (χ0n) is 18.1. The van der Waals surface area contributed by atoms with Gasteiger partial charge in [0, 0.05) is 32.7 Å². The number of amides is 1. The van der Waals surface area contributed by atoms with E-state index in [2.05, 4.69) is 4.90 Å². The van der Waals surface area contributed by atoms with E-state index in [1.165, 1.54) is 6.26 Å². The topological polar surface area (TPSA) is 139 Å². The van der Waals surface area contributed by atoms with E-state index in [0.29, 0.717) is 36.1 Å². The third-order valence-electron chi connectivity index (χ3n) is 4.71. The molecule has 2 N–H and O–H groups in total. The largest absolute Gasteiger partial charge is 0.493 e. The molecule has 3 rings (SSSR count). The monoisotopic (exact) mass is 450 g/mol. The van der Waals surface area contributed by atoms with Gasteiger partial charge in [-0.2, -0.15) is 0 Å². The zero-order chi connectivity index (χ0) is 23.7. The van der Waals surface area contributed by atoms with Crippen LogP contribution in [0.15, 0.2) is 34.9 Å². The van der Waals surface area contributed by atoms with E-state index in [-0.39, 0.29) is 5.91 Å². The van der Waals surface area contributed by atoms with Crippen molar-refractivity contribution in [1.29, 1.82) is 0 Å². The summed E-state index contributed by atoms with van der Waals surface area (Å²) >= 11 is 0. The molecule has 32 heavy (non-hydrogen) atoms. The van der Waals surface area contributed by atoms with Gasteiger partial charge in [-0.25, -0.2) is 9.59 Å². The summed E-state index contributed by atoms with van der Waals surface area (Å²) in [5.74, 6) is -1.43. The summed E-state index contributed by atoms with van der Waals surface area (Å²) in [4.78, 5) is 34.7. The van der Waals surface area contributed by atoms with E-state index in [4.69, 9.17) is 38.4 Å². The molecule has 0 spiro atoms. The Morgan fingerprint density at radius 2 is 1.50 bits per heavy atom. The molecule has 11 nitrogen and oxygen atoms in total. The average molecular weight is 450 g/mol. The molecule has 174 valence electrons. The lowest BCUT2D eigenvalue weighted by atomic mass is 10.1. The normalized spacial score (nSPS) is 13.5. The SMILES string of the molecule is COc1cc(CN2CCN(C(=O)c3ccco3)CC2)cc(OC)c1OC.O=C(O)C(=O)O. The third kappa shape index (κ3) is 6.38. The van der Waals surface area contributed by atoms with Gasteiger partial charge in [-0.1, -0.05) is 0 Å². The molecule has 0 aliphatic carbocycles. The number of furan rings is 1. The maximum Gasteiger partial charge on any atom is 0.414 e. The van der Waals surface area contributed by atoms with Gasteiger partial charge in [0.05, 0.1) is 27.6 Å². The van der Waals surface area contributed by atoms with Crippen molar-refractivity contribution >= 4 is 17.8 Å². The molecule has 2 heterocycles. The molecule has 2 aromatic rings. The fraction of sp³-hybridized carbons (Fsp3) is 0.381. The standard InChI is InChI=1S/C19H24N2O5.C2H2O4/c1-23-16-11-14(12-17(24-2)18(16)25-3)13-20-6-8-21(9-7-20)19(22)15-5-4-10-26-15;3-1(4)2(5)6/h4-5,10-12H,6-9,13H2,1-3H3;(H,3,4)(H,5,6). The molecule has 1 amide bonds. The fourth-order valence-electron chi connectivity index (χ4n) is 3.15. The second-order valence-corrected chi connectivity index (χ2v) is 6.69. The Balaban J connectivity index is 0.000000534. The van der Waals surface area contributed by atoms with E-state index < -0.39 is 11.9 Å². The zero-order valence-corrected chi connectivity index (χ0v) is 18.1. The Morgan fingerprint density at radius 3 is 1.91 bits per heavy atom. The summed E-state index contributed by atoms with van der Waals surface area (Å²) in [6.07, 6.45) is 1.52. The molecule has 1 aliphatic rings. The number of ether oxygens (including phenoxy) is 3. The minimum atomic E-state index is -1.82. The first kappa shape index (κ1) is 24.5. The summed E-state index contributed by atoms with van der Waals surface area (Å²) in [7, 11) is 4.81. The maximum atomic E-state index is 12.3. The van der Waals surface area contributed by atoms with Gasteiger partial charge in [-0.3, -0.25) is 9.69 Å². The van der Waals surface area contributed by atoms with Crippen LogP contribution in [-0.4, -0.2) is 85.4 Å². The van der Waals surface area contributed by atoms with Crippen molar-refractivity contribution in [3.8, 4) is 17.2 Å². The summed E-state index contributed by atoms with van der Waals surface area (Å²) in [5.41, 5.74) is 1.07.